The van der Waals surface area contributed by atoms with Gasteiger partial charge in [-0.05, 0) is 25.7 Å². The summed E-state index contributed by atoms with van der Waals surface area (Å²) in [4.78, 5) is 0. The number of rotatable bonds is 4. The van der Waals surface area contributed by atoms with Crippen LogP contribution in [0.2, 0.25) is 0 Å². The Hall–Kier alpha value is -1.16. The predicted molar refractivity (Wildman–Crippen MR) is 69.5 cm³/mol. The Balaban J connectivity index is -0.0000000369. The Morgan fingerprint density at radius 2 is 0.529 bits per heavy atom. The van der Waals surface area contributed by atoms with Gasteiger partial charge in [0.1, 0.15) is 0 Å². The molecule has 0 saturated heterocycles. The summed E-state index contributed by atoms with van der Waals surface area (Å²) in [6.07, 6.45) is 3.50. The van der Waals surface area contributed by atoms with E-state index >= 15 is 0 Å². The van der Waals surface area contributed by atoms with Crippen LogP contribution in [-0.4, -0.2) is 46.9 Å². The molecule has 0 aromatic heterocycles. The van der Waals surface area contributed by atoms with E-state index in [1.807, 2.05) is 27.7 Å². The van der Waals surface area contributed by atoms with Crippen molar-refractivity contribution in [2.24, 2.45) is 0 Å². The van der Waals surface area contributed by atoms with Crippen LogP contribution in [-0.2, 0) is 0 Å². The zero-order valence-electron chi connectivity index (χ0n) is 12.2. The molecule has 0 heterocycles. The van der Waals surface area contributed by atoms with Gasteiger partial charge in [-0.2, -0.15) is 0 Å². The van der Waals surface area contributed by atoms with E-state index in [9.17, 15) is 0 Å². The molecule has 4 N–H and O–H groups in total. The minimum Gasteiger partial charge on any atom is -0.396 e. The van der Waals surface area contributed by atoms with Gasteiger partial charge in [0.05, 0.1) is 0 Å². The Morgan fingerprint density at radius 3 is 0.529 bits per heavy atom. The first-order valence-corrected chi connectivity index (χ1v) is 6.09. The summed E-state index contributed by atoms with van der Waals surface area (Å²) in [5, 5.41) is 31.5. The van der Waals surface area contributed by atoms with Gasteiger partial charge in [-0.1, -0.05) is 27.7 Å². The number of hydrogen-bond acceptors (Lipinski definition) is 4. The number of hydrogen-bond donors (Lipinski definition) is 4. The van der Waals surface area contributed by atoms with Crippen LogP contribution in [0.3, 0.4) is 0 Å². The summed E-state index contributed by atoms with van der Waals surface area (Å²) in [6.45, 7) is 9.00. The van der Waals surface area contributed by atoms with Gasteiger partial charge in [0.25, 0.3) is 0 Å². The van der Waals surface area contributed by atoms with E-state index in [0.29, 0.717) is 26.4 Å². The van der Waals surface area contributed by atoms with Crippen molar-refractivity contribution in [2.75, 3.05) is 26.4 Å². The summed E-state index contributed by atoms with van der Waals surface area (Å²) in [5.74, 6) is 0. The van der Waals surface area contributed by atoms with Gasteiger partial charge >= 0.3 is 0 Å². The van der Waals surface area contributed by atoms with Crippen molar-refractivity contribution in [1.29, 1.82) is 0 Å². The molecule has 0 aliphatic rings. The maximum absolute atomic E-state index is 7.88. The van der Waals surface area contributed by atoms with E-state index in [1.54, 1.807) is 0 Å². The van der Waals surface area contributed by atoms with Gasteiger partial charge in [0, 0.05) is 26.4 Å². The maximum Gasteiger partial charge on any atom is 0.0428 e. The van der Waals surface area contributed by atoms with Gasteiger partial charge in [-0.3, -0.25) is 0 Å². The molecule has 0 aliphatic carbocycles. The smallest absolute Gasteiger partial charge is 0.0428 e. The normalized spacial score (nSPS) is 7.06. The quantitative estimate of drug-likeness (QED) is 0.466. The first kappa shape index (κ1) is 29.7. The summed E-state index contributed by atoms with van der Waals surface area (Å²) < 4.78 is 0. The molecule has 17 heavy (non-hydrogen) atoms. The molecule has 0 saturated carbocycles. The third-order valence-corrected chi connectivity index (χ3v) is 0.894. The third-order valence-electron chi connectivity index (χ3n) is 0.894. The fourth-order valence-electron chi connectivity index (χ4n) is 0. The fourth-order valence-corrected chi connectivity index (χ4v) is 0. The Bertz CT molecular complexity index is 42.5. The van der Waals surface area contributed by atoms with Gasteiger partial charge in [0.2, 0.25) is 0 Å². The zero-order chi connectivity index (χ0) is 13.7. The molecule has 0 spiro atoms. The summed E-state index contributed by atoms with van der Waals surface area (Å²) >= 11 is 0. The van der Waals surface area contributed by atoms with Crippen LogP contribution in [0.4, 0.5) is 0 Å². The second-order valence-electron chi connectivity index (χ2n) is 2.89. The van der Waals surface area contributed by atoms with Crippen molar-refractivity contribution >= 4 is 0 Å². The molecular weight excluding hydrogens is 475 g/mol. The van der Waals surface area contributed by atoms with Crippen molar-refractivity contribution in [2.45, 2.75) is 53.4 Å². The molecule has 0 aliphatic heterocycles. The number of aliphatic hydroxyl groups is 4. The molecule has 0 rings (SSSR count). The Kier molecular flexibility index (Phi) is 106. The van der Waals surface area contributed by atoms with Crippen molar-refractivity contribution < 1.29 is 20.4 Å². The van der Waals surface area contributed by atoms with Crippen LogP contribution in [0, 0.1) is 0 Å². The second kappa shape index (κ2) is 60.8. The van der Waals surface area contributed by atoms with E-state index < -0.39 is 0 Å². The Labute approximate surface area is 101 Å². The van der Waals surface area contributed by atoms with E-state index in [2.05, 4.69) is 0 Å². The van der Waals surface area contributed by atoms with Crippen molar-refractivity contribution in [3.05, 3.63) is 0 Å². The SMILES string of the molecule is CCCO.CCCO.CCCO.CCCO.[Rf]. The maximum atomic E-state index is 7.88. The topological polar surface area (TPSA) is 80.9 Å². The molecule has 0 radical (unpaired) electrons. The largest absolute Gasteiger partial charge is 0.396 e. The van der Waals surface area contributed by atoms with E-state index in [4.69, 9.17) is 20.4 Å². The van der Waals surface area contributed by atoms with Crippen LogP contribution in [0.5, 0.6) is 0 Å². The first-order valence-electron chi connectivity index (χ1n) is 6.09. The third kappa shape index (κ3) is 303. The molecular formula is C12H32O4Rf. The monoisotopic (exact) mass is 507 g/mol. The molecule has 0 amide bonds. The average molecular weight is 507 g/mol. The van der Waals surface area contributed by atoms with Crippen LogP contribution < -0.4 is 0 Å². The Morgan fingerprint density at radius 1 is 0.471 bits per heavy atom. The summed E-state index contributed by atoms with van der Waals surface area (Å²) in [7, 11) is 0. The van der Waals surface area contributed by atoms with Gasteiger partial charge in [0.15, 0.2) is 0 Å². The van der Waals surface area contributed by atoms with Gasteiger partial charge in [-0.15, -0.1) is 0 Å². The second-order valence-corrected chi connectivity index (χ2v) is 2.89. The molecule has 5 heteroatoms. The summed E-state index contributed by atoms with van der Waals surface area (Å²) in [6, 6.07) is 0. The first-order chi connectivity index (χ1) is 7.66. The molecule has 106 valence electrons. The van der Waals surface area contributed by atoms with Crippen molar-refractivity contribution in [1.82, 2.24) is 0 Å². The van der Waals surface area contributed by atoms with Gasteiger partial charge < -0.3 is 20.4 Å². The van der Waals surface area contributed by atoms with E-state index in [1.165, 1.54) is 0 Å². The average Bonchev–Trinajstić information content (AvgIpc) is 2.39. The standard InChI is InChI=1S/4C3H8O.Rf/c4*1-2-3-4;/h4*4H,2-3H2,1H3;. The van der Waals surface area contributed by atoms with Crippen molar-refractivity contribution in [3.63, 3.8) is 0 Å². The molecule has 4 nitrogen and oxygen atoms in total. The minimum absolute atomic E-state index is 0. The van der Waals surface area contributed by atoms with Crippen LogP contribution >= 0.6 is 0 Å². The van der Waals surface area contributed by atoms with Crippen LogP contribution in [0.25, 0.3) is 0 Å². The molecule has 0 atom stereocenters. The molecule has 0 unspecified atom stereocenters. The zero-order valence-corrected chi connectivity index (χ0v) is 18.6. The number of aliphatic hydroxyl groups excluding tert-OH is 4. The fraction of sp³-hybridized carbons (Fsp3) is 1.00. The molecule has 0 aromatic carbocycles. The predicted octanol–water partition coefficient (Wildman–Crippen LogP) is 1.55. The van der Waals surface area contributed by atoms with Crippen LogP contribution in [0.15, 0.2) is 0 Å². The van der Waals surface area contributed by atoms with Crippen molar-refractivity contribution in [3.8, 4) is 0 Å². The van der Waals surface area contributed by atoms with E-state index in [-0.39, 0.29) is 0 Å². The minimum atomic E-state index is 0. The van der Waals surface area contributed by atoms with E-state index in [0.717, 1.165) is 25.7 Å². The molecule has 0 fully saturated rings. The summed E-state index contributed by atoms with van der Waals surface area (Å²) in [5.41, 5.74) is 0. The van der Waals surface area contributed by atoms with Crippen LogP contribution in [0.1, 0.15) is 53.4 Å². The van der Waals surface area contributed by atoms with Gasteiger partial charge in [-0.25, -0.2) is 0 Å². The molecule has 0 bridgehead atoms. The molecule has 0 aromatic rings.